The first-order valence-corrected chi connectivity index (χ1v) is 27.3. The summed E-state index contributed by atoms with van der Waals surface area (Å²) in [4.78, 5) is 106. The summed E-state index contributed by atoms with van der Waals surface area (Å²) in [5, 5.41) is 8.37. The highest BCUT2D eigenvalue weighted by molar-refractivity contribution is 6.07. The topological polar surface area (TPSA) is 227 Å². The Balaban J connectivity index is 0.730. The van der Waals surface area contributed by atoms with Crippen LogP contribution in [0.5, 0.6) is 23.0 Å². The maximum Gasteiger partial charge on any atom is 0.260 e. The molecule has 1 fully saturated rings. The maximum atomic E-state index is 14.1. The van der Waals surface area contributed by atoms with Gasteiger partial charge in [0.25, 0.3) is 11.8 Å². The Labute approximate surface area is 465 Å². The number of likely N-dealkylation sites (tertiary alicyclic amines) is 1. The van der Waals surface area contributed by atoms with E-state index in [0.29, 0.717) is 97.1 Å². The number of nitrogens with one attached hydrogen (secondary N) is 3. The number of amides is 7. The zero-order valence-corrected chi connectivity index (χ0v) is 46.2. The average Bonchev–Trinajstić information content (AvgIpc) is 4.16. The fourth-order valence-electron chi connectivity index (χ4n) is 10.4. The molecule has 19 nitrogen and oxygen atoms in total. The average molecular weight is 1090 g/mol. The first-order chi connectivity index (χ1) is 38.5. The van der Waals surface area contributed by atoms with E-state index < -0.39 is 23.9 Å². The number of hydrogen-bond donors (Lipinski definition) is 3. The van der Waals surface area contributed by atoms with Crippen LogP contribution in [0.15, 0.2) is 95.2 Å². The lowest BCUT2D eigenvalue weighted by atomic mass is 10.0. The van der Waals surface area contributed by atoms with Crippen LogP contribution in [0.1, 0.15) is 116 Å². The van der Waals surface area contributed by atoms with Gasteiger partial charge in [-0.3, -0.25) is 48.4 Å². The summed E-state index contributed by atoms with van der Waals surface area (Å²) in [5.74, 6) is -0.227. The minimum atomic E-state index is -0.919. The van der Waals surface area contributed by atoms with Crippen molar-refractivity contribution in [3.05, 3.63) is 113 Å². The molecule has 5 atom stereocenters. The van der Waals surface area contributed by atoms with Crippen molar-refractivity contribution in [3.63, 3.8) is 0 Å². The van der Waals surface area contributed by atoms with Crippen LogP contribution in [0.3, 0.4) is 0 Å². The molecule has 418 valence electrons. The van der Waals surface area contributed by atoms with Crippen LogP contribution in [-0.4, -0.2) is 127 Å². The number of fused-ring (bicyclic) bond motifs is 4. The van der Waals surface area contributed by atoms with Gasteiger partial charge in [0.1, 0.15) is 23.6 Å². The normalized spacial score (nSPS) is 18.8. The van der Waals surface area contributed by atoms with Crippen molar-refractivity contribution < 1.29 is 52.5 Å². The highest BCUT2D eigenvalue weighted by atomic mass is 16.5. The minimum Gasteiger partial charge on any atom is -0.497 e. The SMILES string of the molecule is COc1ccc(C2=CN3C(=O)c4cc(C)c(OCCCOc5cc6c(cc5OC)C(=O)N5C=C(c7ccc(NC(=O)[C@H](C)NC(=O)[C@@H](NC(=O)CCCCCN8C(=O)CC(C)C8=O)C(C)C)cc7)C[C@H]5C=N6)cc4N=C[C@@H]3C2)cc1. The van der Waals surface area contributed by atoms with Gasteiger partial charge in [0, 0.05) is 87.2 Å². The molecular weight excluding hydrogens is 1020 g/mol. The summed E-state index contributed by atoms with van der Waals surface area (Å²) in [6.07, 6.45) is 11.2. The monoisotopic (exact) mass is 1090 g/mol. The summed E-state index contributed by atoms with van der Waals surface area (Å²) < 4.78 is 23.4. The molecule has 0 bridgehead atoms. The third-order valence-electron chi connectivity index (χ3n) is 15.0. The number of nitrogens with zero attached hydrogens (tertiary/aromatic N) is 5. The predicted octanol–water partition coefficient (Wildman–Crippen LogP) is 8.34. The summed E-state index contributed by atoms with van der Waals surface area (Å²) in [6, 6.07) is 19.7. The van der Waals surface area contributed by atoms with E-state index in [9.17, 15) is 33.6 Å². The van der Waals surface area contributed by atoms with Crippen molar-refractivity contribution in [3.8, 4) is 23.0 Å². The van der Waals surface area contributed by atoms with E-state index in [-0.39, 0.29) is 72.9 Å². The highest BCUT2D eigenvalue weighted by Crippen LogP contribution is 2.41. The smallest absolute Gasteiger partial charge is 0.260 e. The molecule has 0 spiro atoms. The molecule has 0 saturated carbocycles. The van der Waals surface area contributed by atoms with Crippen molar-refractivity contribution in [2.75, 3.05) is 39.3 Å². The van der Waals surface area contributed by atoms with E-state index in [1.54, 1.807) is 61.2 Å². The molecule has 9 rings (SSSR count). The molecule has 1 unspecified atom stereocenters. The van der Waals surface area contributed by atoms with E-state index in [1.165, 1.54) is 12.0 Å². The van der Waals surface area contributed by atoms with Gasteiger partial charge in [0.15, 0.2) is 11.5 Å². The Hall–Kier alpha value is -8.61. The van der Waals surface area contributed by atoms with Crippen LogP contribution >= 0.6 is 0 Å². The van der Waals surface area contributed by atoms with Crippen LogP contribution in [-0.2, 0) is 24.0 Å². The van der Waals surface area contributed by atoms with Crippen molar-refractivity contribution in [1.29, 1.82) is 0 Å². The summed E-state index contributed by atoms with van der Waals surface area (Å²) in [6.45, 7) is 9.78. The van der Waals surface area contributed by atoms with Gasteiger partial charge >= 0.3 is 0 Å². The number of hydrogen-bond acceptors (Lipinski definition) is 13. The molecule has 5 aliphatic heterocycles. The summed E-state index contributed by atoms with van der Waals surface area (Å²) >= 11 is 0. The molecule has 1 saturated heterocycles. The molecule has 19 heteroatoms. The van der Waals surface area contributed by atoms with E-state index in [1.807, 2.05) is 87.9 Å². The van der Waals surface area contributed by atoms with Crippen LogP contribution < -0.4 is 34.9 Å². The molecule has 4 aromatic carbocycles. The van der Waals surface area contributed by atoms with Crippen LogP contribution in [0.2, 0.25) is 0 Å². The number of aliphatic imine (C=N–C) groups is 2. The zero-order valence-electron chi connectivity index (χ0n) is 46.2. The van der Waals surface area contributed by atoms with Crippen LogP contribution in [0, 0.1) is 18.8 Å². The molecular formula is C61H68N8O11. The third-order valence-corrected chi connectivity index (χ3v) is 15.0. The first-order valence-electron chi connectivity index (χ1n) is 27.3. The number of aryl methyl sites for hydroxylation is 1. The molecule has 0 aliphatic carbocycles. The van der Waals surface area contributed by atoms with Gasteiger partial charge in [0.05, 0.1) is 62.0 Å². The standard InChI is InChI=1S/C61H68N8O11/c1-35(2)56(66-54(70)12-9-8-10-21-67-55(71)25-37(4)59(67)74)58(73)64-38(5)57(72)65-43-17-13-39(14-18-43)41-26-45-32-63-50-30-53(52(78-7)28-48(50)61(76)69(45)33-41)80-23-11-22-79-51-29-49-47(24-36(51)3)60(75)68-34-42(27-44(68)31-62-49)40-15-19-46(77-6)20-16-40/h13-20,24,28-35,37-38,44-45,56H,8-12,21-23,25-27H2,1-7H3,(H,64,73)(H,65,72)(H,66,70)/t37?,38-,44-,45-,56-/m0/s1. The lowest BCUT2D eigenvalue weighted by Crippen LogP contribution is -2.53. The minimum absolute atomic E-state index is 0.115. The number of methoxy groups -OCH3 is 2. The summed E-state index contributed by atoms with van der Waals surface area (Å²) in [7, 11) is 3.15. The van der Waals surface area contributed by atoms with Gasteiger partial charge in [-0.1, -0.05) is 51.5 Å². The number of benzene rings is 4. The second kappa shape index (κ2) is 24.6. The number of anilines is 1. The number of carbonyl (C=O) groups excluding carboxylic acids is 7. The van der Waals surface area contributed by atoms with Crippen LogP contribution in [0.25, 0.3) is 11.1 Å². The van der Waals surface area contributed by atoms with Gasteiger partial charge in [-0.15, -0.1) is 0 Å². The molecule has 80 heavy (non-hydrogen) atoms. The van der Waals surface area contributed by atoms with E-state index >= 15 is 0 Å². The quantitative estimate of drug-likeness (QED) is 0.0501. The van der Waals surface area contributed by atoms with Gasteiger partial charge in [-0.25, -0.2) is 0 Å². The largest absolute Gasteiger partial charge is 0.497 e. The molecule has 3 N–H and O–H groups in total. The number of rotatable bonds is 22. The van der Waals surface area contributed by atoms with E-state index in [0.717, 1.165) is 33.6 Å². The Kier molecular flexibility index (Phi) is 17.3. The lowest BCUT2D eigenvalue weighted by Gasteiger charge is -2.24. The second-order valence-corrected chi connectivity index (χ2v) is 21.2. The molecule has 7 amide bonds. The molecule has 5 aliphatic rings. The van der Waals surface area contributed by atoms with Crippen molar-refractivity contribution in [2.45, 2.75) is 110 Å². The Bertz CT molecular complexity index is 3200. The number of ether oxygens (including phenoxy) is 4. The highest BCUT2D eigenvalue weighted by Gasteiger charge is 2.37. The molecule has 5 heterocycles. The van der Waals surface area contributed by atoms with E-state index in [4.69, 9.17) is 28.9 Å². The van der Waals surface area contributed by atoms with E-state index in [2.05, 4.69) is 16.0 Å². The van der Waals surface area contributed by atoms with Gasteiger partial charge in [-0.05, 0) is 96.8 Å². The Morgan fingerprint density at radius 1 is 0.662 bits per heavy atom. The number of carbonyl (C=O) groups is 7. The summed E-state index contributed by atoms with van der Waals surface area (Å²) in [5.41, 5.74) is 7.04. The lowest BCUT2D eigenvalue weighted by molar-refractivity contribution is -0.139. The van der Waals surface area contributed by atoms with Crippen LogP contribution in [0.4, 0.5) is 17.1 Å². The second-order valence-electron chi connectivity index (χ2n) is 21.2. The number of unbranched alkanes of at least 4 members (excludes halogenated alkanes) is 2. The van der Waals surface area contributed by atoms with Gasteiger partial charge < -0.3 is 44.7 Å². The van der Waals surface area contributed by atoms with Crippen molar-refractivity contribution in [1.82, 2.24) is 25.3 Å². The van der Waals surface area contributed by atoms with Gasteiger partial charge in [0.2, 0.25) is 29.5 Å². The maximum absolute atomic E-state index is 14.1. The third kappa shape index (κ3) is 12.5. The molecule has 4 aromatic rings. The fraction of sp³-hybridized carbons (Fsp3) is 0.393. The number of imide groups is 1. The first kappa shape index (κ1) is 56.1. The zero-order chi connectivity index (χ0) is 56.8. The van der Waals surface area contributed by atoms with Crippen molar-refractivity contribution in [2.24, 2.45) is 21.8 Å². The predicted molar refractivity (Wildman–Crippen MR) is 303 cm³/mol. The van der Waals surface area contributed by atoms with Gasteiger partial charge in [-0.2, -0.15) is 0 Å². The molecule has 0 radical (unpaired) electrons. The fourth-order valence-corrected chi connectivity index (χ4v) is 10.4. The Morgan fingerprint density at radius 2 is 1.25 bits per heavy atom. The molecule has 0 aromatic heterocycles. The van der Waals surface area contributed by atoms with Crippen molar-refractivity contribution >= 4 is 82.0 Å². The Morgan fingerprint density at radius 3 is 1.82 bits per heavy atom.